The van der Waals surface area contributed by atoms with Gasteiger partial charge >= 0.3 is 0 Å². The fourth-order valence-electron chi connectivity index (χ4n) is 7.76. The van der Waals surface area contributed by atoms with E-state index >= 15 is 0 Å². The molecule has 7 atom stereocenters. The van der Waals surface area contributed by atoms with Crippen molar-refractivity contribution in [2.45, 2.75) is 84.1 Å². The fourth-order valence-corrected chi connectivity index (χ4v) is 7.76. The maximum absolute atomic E-state index is 13.3. The number of hydrogen-bond acceptors (Lipinski definition) is 5. The number of ketones is 2. The Morgan fingerprint density at radius 2 is 1.87 bits per heavy atom. The van der Waals surface area contributed by atoms with Crippen LogP contribution in [0.3, 0.4) is 0 Å². The van der Waals surface area contributed by atoms with Gasteiger partial charge in [-0.2, -0.15) is 0 Å². The highest BCUT2D eigenvalue weighted by Crippen LogP contribution is 2.64. The molecule has 1 unspecified atom stereocenters. The molecule has 0 aromatic heterocycles. The zero-order valence-electron chi connectivity index (χ0n) is 18.5. The summed E-state index contributed by atoms with van der Waals surface area (Å²) in [4.78, 5) is 32.2. The van der Waals surface area contributed by atoms with Crippen molar-refractivity contribution in [2.24, 2.45) is 39.7 Å². The van der Waals surface area contributed by atoms with Crippen molar-refractivity contribution in [3.63, 3.8) is 0 Å². The lowest BCUT2D eigenvalue weighted by molar-refractivity contribution is -0.164. The van der Waals surface area contributed by atoms with Gasteiger partial charge in [0.15, 0.2) is 0 Å². The van der Waals surface area contributed by atoms with E-state index in [1.54, 1.807) is 0 Å². The fraction of sp³-hybridized carbons (Fsp3) is 0.875. The van der Waals surface area contributed by atoms with Crippen LogP contribution >= 0.6 is 12.4 Å². The first kappa shape index (κ1) is 22.3. The molecule has 4 aliphatic carbocycles. The van der Waals surface area contributed by atoms with Crippen molar-refractivity contribution in [2.75, 3.05) is 13.2 Å². The largest absolute Gasteiger partial charge is 0.394 e. The molecule has 5 aliphatic rings. The highest BCUT2D eigenvalue weighted by molar-refractivity contribution is 6.40. The second kappa shape index (κ2) is 8.20. The van der Waals surface area contributed by atoms with Crippen molar-refractivity contribution in [3.05, 3.63) is 0 Å². The van der Waals surface area contributed by atoms with Gasteiger partial charge < -0.3 is 10.2 Å². The third-order valence-corrected chi connectivity index (χ3v) is 9.58. The Morgan fingerprint density at radius 3 is 2.63 bits per heavy atom. The first-order valence-corrected chi connectivity index (χ1v) is 11.9. The van der Waals surface area contributed by atoms with E-state index in [9.17, 15) is 9.59 Å². The van der Waals surface area contributed by atoms with Gasteiger partial charge in [0.25, 0.3) is 0 Å². The second-order valence-electron chi connectivity index (χ2n) is 11.1. The number of rotatable bonds is 3. The zero-order chi connectivity index (χ0) is 20.2. The maximum atomic E-state index is 13.3. The summed E-state index contributed by atoms with van der Waals surface area (Å²) in [6.45, 7) is 6.33. The van der Waals surface area contributed by atoms with E-state index in [0.29, 0.717) is 30.9 Å². The van der Waals surface area contributed by atoms with Gasteiger partial charge in [-0.1, -0.05) is 25.4 Å². The molecule has 6 heteroatoms. The van der Waals surface area contributed by atoms with Crippen LogP contribution in [0.25, 0.3) is 0 Å². The molecule has 4 saturated carbocycles. The quantitative estimate of drug-likeness (QED) is 0.528. The molecule has 1 saturated heterocycles. The summed E-state index contributed by atoms with van der Waals surface area (Å²) >= 11 is 0. The molecule has 0 radical (unpaired) electrons. The number of carbonyl (C=O) groups is 2. The Labute approximate surface area is 186 Å². The summed E-state index contributed by atoms with van der Waals surface area (Å²) < 4.78 is 0. The minimum atomic E-state index is -0.192. The minimum Gasteiger partial charge on any atom is -0.394 e. The zero-order valence-corrected chi connectivity index (χ0v) is 19.3. The number of nitrogens with one attached hydrogen (secondary N) is 1. The predicted octanol–water partition coefficient (Wildman–Crippen LogP) is 4.32. The Balaban J connectivity index is 0.00000218. The number of oxime groups is 1. The first-order chi connectivity index (χ1) is 13.9. The number of fused-ring (bicyclic) bond motifs is 5. The van der Waals surface area contributed by atoms with E-state index in [0.717, 1.165) is 44.4 Å². The number of halogens is 1. The van der Waals surface area contributed by atoms with Gasteiger partial charge in [0.05, 0.1) is 5.71 Å². The molecule has 0 spiro atoms. The van der Waals surface area contributed by atoms with Gasteiger partial charge in [-0.3, -0.25) is 9.59 Å². The summed E-state index contributed by atoms with van der Waals surface area (Å²) in [6, 6.07) is 0.398. The van der Waals surface area contributed by atoms with Gasteiger partial charge in [-0.15, -0.1) is 12.4 Å². The van der Waals surface area contributed by atoms with Gasteiger partial charge in [0.2, 0.25) is 11.6 Å². The normalized spacial score (nSPS) is 46.7. The first-order valence-electron chi connectivity index (χ1n) is 11.9. The number of hydrogen-bond donors (Lipinski definition) is 1. The van der Waals surface area contributed by atoms with Crippen molar-refractivity contribution in [1.29, 1.82) is 0 Å². The van der Waals surface area contributed by atoms with E-state index in [4.69, 9.17) is 4.84 Å². The Hall–Kier alpha value is -0.940. The van der Waals surface area contributed by atoms with Gasteiger partial charge in [-0.25, -0.2) is 0 Å². The van der Waals surface area contributed by atoms with E-state index in [1.807, 2.05) is 0 Å². The highest BCUT2D eigenvalue weighted by Gasteiger charge is 2.63. The van der Waals surface area contributed by atoms with Crippen LogP contribution in [0.5, 0.6) is 0 Å². The molecule has 168 valence electrons. The van der Waals surface area contributed by atoms with Crippen LogP contribution < -0.4 is 5.32 Å². The van der Waals surface area contributed by atoms with Crippen molar-refractivity contribution in [1.82, 2.24) is 5.32 Å². The van der Waals surface area contributed by atoms with Crippen LogP contribution in [0.2, 0.25) is 0 Å². The van der Waals surface area contributed by atoms with Crippen LogP contribution in [0, 0.1) is 34.5 Å². The van der Waals surface area contributed by atoms with Gasteiger partial charge in [0.1, 0.15) is 6.61 Å². The van der Waals surface area contributed by atoms with Crippen LogP contribution in [-0.4, -0.2) is 36.5 Å². The summed E-state index contributed by atoms with van der Waals surface area (Å²) in [6.07, 6.45) is 10.7. The molecule has 1 aliphatic heterocycles. The lowest BCUT2D eigenvalue weighted by Crippen LogP contribution is -2.60. The molecule has 0 aromatic carbocycles. The van der Waals surface area contributed by atoms with E-state index in [-0.39, 0.29) is 46.6 Å². The number of carbonyl (C=O) groups excluding carboxylic acids is 2. The average Bonchev–Trinajstić information content (AvgIpc) is 3.35. The molecule has 5 nitrogen and oxygen atoms in total. The summed E-state index contributed by atoms with van der Waals surface area (Å²) in [5.41, 5.74) is 1.21. The number of Topliss-reactive ketones (excluding diaryl/α,β-unsaturated/α-hetero) is 2. The Morgan fingerprint density at radius 1 is 1.03 bits per heavy atom. The third-order valence-electron chi connectivity index (χ3n) is 9.58. The highest BCUT2D eigenvalue weighted by atomic mass is 35.5. The lowest BCUT2D eigenvalue weighted by Gasteiger charge is -2.58. The van der Waals surface area contributed by atoms with Crippen molar-refractivity contribution in [3.8, 4) is 0 Å². The molecule has 1 heterocycles. The maximum Gasteiger partial charge on any atom is 0.202 e. The number of nitrogens with zero attached hydrogens (tertiary/aromatic N) is 1. The van der Waals surface area contributed by atoms with Crippen LogP contribution in [-0.2, 0) is 14.4 Å². The van der Waals surface area contributed by atoms with E-state index in [1.165, 1.54) is 25.7 Å². The van der Waals surface area contributed by atoms with E-state index in [2.05, 4.69) is 24.3 Å². The summed E-state index contributed by atoms with van der Waals surface area (Å²) in [5, 5.41) is 7.83. The van der Waals surface area contributed by atoms with Crippen molar-refractivity contribution >= 4 is 29.7 Å². The summed E-state index contributed by atoms with van der Waals surface area (Å²) in [7, 11) is 0. The molecule has 0 amide bonds. The lowest BCUT2D eigenvalue weighted by atomic mass is 9.44. The van der Waals surface area contributed by atoms with E-state index < -0.39 is 0 Å². The van der Waals surface area contributed by atoms with Crippen LogP contribution in [0.4, 0.5) is 0 Å². The standard InChI is InChI=1S/C24H36N2O3.ClH/c1-23-9-3-6-17(23)20-18(8-10-23)24(2)11-7-15(13-19(24)21(27)22(20)28)26-29-14-16-5-4-12-25-16;/h16-20,25H,3-14H2,1-2H3;1H/t16-,17+,18-,19?,20+,23+,24-;/m1./s1. The topological polar surface area (TPSA) is 67.8 Å². The SMILES string of the molecule is C[C@@]12CCC[C@H]1[C@@H]1C(=O)C(=O)C3CC(=NOC[C@H]4CCCN4)CC[C@]3(C)[C@@H]1CC2.Cl. The molecule has 1 N–H and O–H groups in total. The molecule has 5 fully saturated rings. The molecule has 30 heavy (non-hydrogen) atoms. The smallest absolute Gasteiger partial charge is 0.202 e. The van der Waals surface area contributed by atoms with Crippen LogP contribution in [0.15, 0.2) is 5.16 Å². The second-order valence-corrected chi connectivity index (χ2v) is 11.1. The molecule has 5 rings (SSSR count). The molecule has 0 aromatic rings. The summed E-state index contributed by atoms with van der Waals surface area (Å²) in [5.74, 6) is 0.435. The Bertz CT molecular complexity index is 734. The third kappa shape index (κ3) is 3.44. The Kier molecular flexibility index (Phi) is 6.08. The molecular formula is C24H37ClN2O3. The molecular weight excluding hydrogens is 400 g/mol. The molecule has 0 bridgehead atoms. The predicted molar refractivity (Wildman–Crippen MR) is 119 cm³/mol. The van der Waals surface area contributed by atoms with Gasteiger partial charge in [0, 0.05) is 17.9 Å². The van der Waals surface area contributed by atoms with Crippen LogP contribution in [0.1, 0.15) is 78.1 Å². The monoisotopic (exact) mass is 436 g/mol. The average molecular weight is 437 g/mol. The van der Waals surface area contributed by atoms with Gasteiger partial charge in [-0.05, 0) is 87.0 Å². The minimum absolute atomic E-state index is 0. The van der Waals surface area contributed by atoms with Crippen molar-refractivity contribution < 1.29 is 14.4 Å².